The molecule has 0 radical (unpaired) electrons. The standard InChI is InChI=1S/C18H15OSi.3C4H9O.Zr/c19-20(16-10-4-1-5-11-16,17-12-6-2-7-13-17)18-14-8-3-9-15-18;3*1-3-4(2)5;/h1-15H;3*4H,3H2,1-2H3;/q4*-1;+4. The fraction of sp³-hybridized carbons (Fsp3) is 0.400. The Morgan fingerprint density at radius 1 is 0.528 bits per heavy atom. The van der Waals surface area contributed by atoms with Crippen LogP contribution < -0.4 is 15.6 Å². The van der Waals surface area contributed by atoms with Crippen LogP contribution in [0, 0.1) is 0 Å². The van der Waals surface area contributed by atoms with Gasteiger partial charge in [-0.05, 0) is 0 Å². The van der Waals surface area contributed by atoms with Crippen molar-refractivity contribution in [1.82, 2.24) is 0 Å². The first-order chi connectivity index (χ1) is 17.4. The molecule has 0 saturated heterocycles. The monoisotopic (exact) mass is 584 g/mol. The summed E-state index contributed by atoms with van der Waals surface area (Å²) in [6.45, 7) is 12.7. The molecule has 3 rings (SSSR count). The van der Waals surface area contributed by atoms with Gasteiger partial charge in [-0.15, -0.1) is 0 Å². The average molecular weight is 586 g/mol. The van der Waals surface area contributed by atoms with Crippen LogP contribution in [0.2, 0.25) is 0 Å². The molecule has 0 aliphatic carbocycles. The number of benzene rings is 3. The molecule has 194 valence electrons. The van der Waals surface area contributed by atoms with Gasteiger partial charge in [0, 0.05) is 0 Å². The van der Waals surface area contributed by atoms with Crippen LogP contribution in [0.3, 0.4) is 0 Å². The molecular formula is C30H42O4SiZr. The van der Waals surface area contributed by atoms with Gasteiger partial charge in [0.1, 0.15) is 0 Å². The summed E-state index contributed by atoms with van der Waals surface area (Å²) >= 11 is -4.69. The summed E-state index contributed by atoms with van der Waals surface area (Å²) in [6, 6.07) is 31.8. The third-order valence-electron chi connectivity index (χ3n) is 6.58. The van der Waals surface area contributed by atoms with E-state index in [1.165, 1.54) is 0 Å². The first-order valence-corrected chi connectivity index (χ1v) is 19.2. The molecule has 0 amide bonds. The predicted octanol–water partition coefficient (Wildman–Crippen LogP) is 5.93. The quantitative estimate of drug-likeness (QED) is 0.174. The Balaban J connectivity index is 2.33. The second-order valence-electron chi connectivity index (χ2n) is 9.39. The van der Waals surface area contributed by atoms with E-state index in [9.17, 15) is 0 Å². The Labute approximate surface area is 226 Å². The van der Waals surface area contributed by atoms with Crippen LogP contribution in [-0.2, 0) is 33.0 Å². The summed E-state index contributed by atoms with van der Waals surface area (Å²) in [5.74, 6) is 0. The van der Waals surface area contributed by atoms with Crippen molar-refractivity contribution in [1.29, 1.82) is 0 Å². The van der Waals surface area contributed by atoms with Crippen LogP contribution in [0.25, 0.3) is 0 Å². The van der Waals surface area contributed by atoms with E-state index < -0.39 is 30.3 Å². The van der Waals surface area contributed by atoms with Crippen molar-refractivity contribution < 1.29 is 33.0 Å². The minimum atomic E-state index is -4.69. The molecule has 0 saturated carbocycles. The number of hydrogen-bond donors (Lipinski definition) is 0. The third-order valence-corrected chi connectivity index (χ3v) is 19.8. The molecule has 0 N–H and O–H groups in total. The Morgan fingerprint density at radius 2 is 0.806 bits per heavy atom. The van der Waals surface area contributed by atoms with Crippen molar-refractivity contribution >= 4 is 23.9 Å². The molecule has 0 spiro atoms. The van der Waals surface area contributed by atoms with E-state index in [0.29, 0.717) is 0 Å². The van der Waals surface area contributed by atoms with Gasteiger partial charge in [0.15, 0.2) is 0 Å². The average Bonchev–Trinajstić information content (AvgIpc) is 2.93. The summed E-state index contributed by atoms with van der Waals surface area (Å²) in [4.78, 5) is 0. The fourth-order valence-corrected chi connectivity index (χ4v) is 19.6. The summed E-state index contributed by atoms with van der Waals surface area (Å²) in [6.07, 6.45) is 2.44. The van der Waals surface area contributed by atoms with E-state index in [4.69, 9.17) is 10.9 Å². The Kier molecular flexibility index (Phi) is 11.3. The molecule has 0 fully saturated rings. The maximum absolute atomic E-state index is 7.58. The van der Waals surface area contributed by atoms with E-state index in [-0.39, 0.29) is 18.3 Å². The number of hydrogen-bond acceptors (Lipinski definition) is 4. The van der Waals surface area contributed by atoms with Gasteiger partial charge in [0.2, 0.25) is 0 Å². The SMILES string of the molecule is CCC(C)[O][Zr]([O]C(C)CC)([O]C(C)CC)[O][Si](c1ccccc1)(c1ccccc1)c1ccccc1. The molecule has 3 aromatic rings. The Hall–Kier alpha value is -1.40. The van der Waals surface area contributed by atoms with Gasteiger partial charge in [0.25, 0.3) is 0 Å². The van der Waals surface area contributed by atoms with Crippen molar-refractivity contribution in [3.8, 4) is 0 Å². The first kappa shape index (κ1) is 29.2. The molecule has 0 aliphatic rings. The van der Waals surface area contributed by atoms with E-state index >= 15 is 0 Å². The van der Waals surface area contributed by atoms with Crippen molar-refractivity contribution in [3.63, 3.8) is 0 Å². The van der Waals surface area contributed by atoms with Gasteiger partial charge >= 0.3 is 227 Å². The molecule has 0 aromatic heterocycles. The molecule has 0 heterocycles. The van der Waals surface area contributed by atoms with Gasteiger partial charge in [-0.1, -0.05) is 0 Å². The van der Waals surface area contributed by atoms with E-state index in [0.717, 1.165) is 34.8 Å². The molecular weight excluding hydrogens is 544 g/mol. The molecule has 3 atom stereocenters. The normalized spacial score (nSPS) is 16.2. The van der Waals surface area contributed by atoms with Crippen LogP contribution in [0.5, 0.6) is 0 Å². The van der Waals surface area contributed by atoms with Crippen molar-refractivity contribution in [2.24, 2.45) is 0 Å². The zero-order chi connectivity index (χ0) is 26.0. The van der Waals surface area contributed by atoms with Gasteiger partial charge in [0.05, 0.1) is 0 Å². The van der Waals surface area contributed by atoms with Gasteiger partial charge in [-0.2, -0.15) is 0 Å². The Bertz CT molecular complexity index is 891. The van der Waals surface area contributed by atoms with Crippen molar-refractivity contribution in [2.75, 3.05) is 0 Å². The second-order valence-corrected chi connectivity index (χ2v) is 18.4. The van der Waals surface area contributed by atoms with Crippen molar-refractivity contribution in [3.05, 3.63) is 91.0 Å². The van der Waals surface area contributed by atoms with Crippen LogP contribution in [0.1, 0.15) is 60.8 Å². The molecule has 6 heteroatoms. The molecule has 36 heavy (non-hydrogen) atoms. The topological polar surface area (TPSA) is 36.9 Å². The summed E-state index contributed by atoms with van der Waals surface area (Å²) in [5.41, 5.74) is 0. The third kappa shape index (κ3) is 7.12. The molecule has 3 aromatic carbocycles. The zero-order valence-electron chi connectivity index (χ0n) is 22.6. The van der Waals surface area contributed by atoms with E-state index in [1.807, 2.05) is 0 Å². The molecule has 4 nitrogen and oxygen atoms in total. The second kappa shape index (κ2) is 13.9. The van der Waals surface area contributed by atoms with E-state index in [1.54, 1.807) is 0 Å². The minimum absolute atomic E-state index is 0.0390. The van der Waals surface area contributed by atoms with Crippen molar-refractivity contribution in [2.45, 2.75) is 79.1 Å². The van der Waals surface area contributed by atoms with Crippen LogP contribution in [-0.4, -0.2) is 26.6 Å². The molecule has 3 unspecified atom stereocenters. The summed E-state index contributed by atoms with van der Waals surface area (Å²) < 4.78 is 28.1. The first-order valence-electron chi connectivity index (χ1n) is 13.3. The van der Waals surface area contributed by atoms with Crippen LogP contribution >= 0.6 is 0 Å². The maximum atomic E-state index is 7.58. The summed E-state index contributed by atoms with van der Waals surface area (Å²) in [5, 5.41) is 3.45. The molecule has 0 aliphatic heterocycles. The zero-order valence-corrected chi connectivity index (χ0v) is 26.1. The number of rotatable bonds is 14. The predicted molar refractivity (Wildman–Crippen MR) is 148 cm³/mol. The fourth-order valence-electron chi connectivity index (χ4n) is 4.03. The Morgan fingerprint density at radius 3 is 1.06 bits per heavy atom. The van der Waals surface area contributed by atoms with Crippen LogP contribution in [0.4, 0.5) is 0 Å². The summed E-state index contributed by atoms with van der Waals surface area (Å²) in [7, 11) is -3.08. The molecule has 0 bridgehead atoms. The van der Waals surface area contributed by atoms with Gasteiger partial charge < -0.3 is 0 Å². The van der Waals surface area contributed by atoms with Gasteiger partial charge in [-0.3, -0.25) is 0 Å². The van der Waals surface area contributed by atoms with Gasteiger partial charge in [-0.25, -0.2) is 0 Å². The van der Waals surface area contributed by atoms with E-state index in [2.05, 4.69) is 133 Å². The van der Waals surface area contributed by atoms with Crippen LogP contribution in [0.15, 0.2) is 91.0 Å².